The Morgan fingerprint density at radius 1 is 1.05 bits per heavy atom. The van der Waals surface area contributed by atoms with Crippen molar-refractivity contribution in [1.29, 1.82) is 0 Å². The third-order valence-electron chi connectivity index (χ3n) is 2.84. The summed E-state index contributed by atoms with van der Waals surface area (Å²) in [4.78, 5) is 0. The van der Waals surface area contributed by atoms with Crippen molar-refractivity contribution < 1.29 is 9.50 Å². The van der Waals surface area contributed by atoms with Gasteiger partial charge in [-0.1, -0.05) is 18.2 Å². The normalized spacial score (nSPS) is 10.5. The van der Waals surface area contributed by atoms with Crippen LogP contribution in [0.3, 0.4) is 0 Å². The van der Waals surface area contributed by atoms with Gasteiger partial charge in [-0.25, -0.2) is 4.39 Å². The lowest BCUT2D eigenvalue weighted by molar-refractivity contribution is 0.299. The number of nitrogens with one attached hydrogen (secondary N) is 1. The first-order chi connectivity index (χ1) is 9.19. The number of hydrogen-bond donors (Lipinski definition) is 2. The molecule has 0 unspecified atom stereocenters. The van der Waals surface area contributed by atoms with Crippen LogP contribution in [0.25, 0.3) is 0 Å². The van der Waals surface area contributed by atoms with Gasteiger partial charge in [-0.2, -0.15) is 0 Å². The van der Waals surface area contributed by atoms with E-state index in [0.29, 0.717) is 17.4 Å². The summed E-state index contributed by atoms with van der Waals surface area (Å²) < 4.78 is 13.8. The standard InChI is InChI=1S/C15H15BrFNO/c16-14-6-3-12(9-15(14)17)10-18-13-4-1-11(2-5-13)7-8-19/h1-6,9,18-19H,7-8,10H2. The largest absolute Gasteiger partial charge is 0.396 e. The lowest BCUT2D eigenvalue weighted by Crippen LogP contribution is -2.00. The fourth-order valence-corrected chi connectivity index (χ4v) is 2.02. The first kappa shape index (κ1) is 14.0. The van der Waals surface area contributed by atoms with E-state index in [1.54, 1.807) is 6.07 Å². The molecule has 0 radical (unpaired) electrons. The summed E-state index contributed by atoms with van der Waals surface area (Å²) in [5, 5.41) is 12.1. The monoisotopic (exact) mass is 323 g/mol. The van der Waals surface area contributed by atoms with Gasteiger partial charge in [0.25, 0.3) is 0 Å². The third kappa shape index (κ3) is 4.04. The smallest absolute Gasteiger partial charge is 0.137 e. The molecule has 0 atom stereocenters. The summed E-state index contributed by atoms with van der Waals surface area (Å²) in [5.74, 6) is -0.252. The molecule has 2 nitrogen and oxygen atoms in total. The Labute approximate surface area is 120 Å². The van der Waals surface area contributed by atoms with Crippen molar-refractivity contribution in [3.05, 3.63) is 63.9 Å². The fourth-order valence-electron chi connectivity index (χ4n) is 1.77. The summed E-state index contributed by atoms with van der Waals surface area (Å²) in [6.45, 7) is 0.731. The molecule has 19 heavy (non-hydrogen) atoms. The molecule has 0 saturated carbocycles. The summed E-state index contributed by atoms with van der Waals surface area (Å²) >= 11 is 3.13. The molecule has 0 aliphatic rings. The molecule has 0 heterocycles. The number of aliphatic hydroxyl groups is 1. The summed E-state index contributed by atoms with van der Waals surface area (Å²) in [6.07, 6.45) is 0.665. The van der Waals surface area contributed by atoms with Crippen LogP contribution in [0, 0.1) is 5.82 Å². The van der Waals surface area contributed by atoms with E-state index in [1.807, 2.05) is 30.3 Å². The Hall–Kier alpha value is -1.39. The first-order valence-corrected chi connectivity index (χ1v) is 6.86. The highest BCUT2D eigenvalue weighted by molar-refractivity contribution is 9.10. The van der Waals surface area contributed by atoms with Gasteiger partial charge in [-0.05, 0) is 57.7 Å². The predicted molar refractivity (Wildman–Crippen MR) is 78.7 cm³/mol. The molecule has 0 aliphatic heterocycles. The maximum Gasteiger partial charge on any atom is 0.137 e. The molecule has 4 heteroatoms. The van der Waals surface area contributed by atoms with E-state index in [9.17, 15) is 4.39 Å². The zero-order chi connectivity index (χ0) is 13.7. The van der Waals surface area contributed by atoms with Gasteiger partial charge >= 0.3 is 0 Å². The molecule has 100 valence electrons. The molecule has 2 aromatic rings. The van der Waals surface area contributed by atoms with Crippen LogP contribution in [0.2, 0.25) is 0 Å². The Morgan fingerprint density at radius 2 is 1.74 bits per heavy atom. The number of rotatable bonds is 5. The maximum absolute atomic E-state index is 13.3. The predicted octanol–water partition coefficient (Wildman–Crippen LogP) is 3.74. The molecule has 0 amide bonds. The molecule has 2 rings (SSSR count). The molecule has 0 saturated heterocycles. The molecule has 0 fully saturated rings. The van der Waals surface area contributed by atoms with Crippen LogP contribution < -0.4 is 5.32 Å². The van der Waals surface area contributed by atoms with Crippen molar-refractivity contribution >= 4 is 21.6 Å². The van der Waals surface area contributed by atoms with E-state index >= 15 is 0 Å². The zero-order valence-electron chi connectivity index (χ0n) is 10.4. The Balaban J connectivity index is 1.96. The van der Waals surface area contributed by atoms with Crippen LogP contribution in [-0.2, 0) is 13.0 Å². The minimum atomic E-state index is -0.252. The van der Waals surface area contributed by atoms with E-state index < -0.39 is 0 Å². The van der Waals surface area contributed by atoms with Crippen LogP contribution in [0.1, 0.15) is 11.1 Å². The van der Waals surface area contributed by atoms with Gasteiger partial charge in [-0.15, -0.1) is 0 Å². The lowest BCUT2D eigenvalue weighted by Gasteiger charge is -2.08. The number of halogens is 2. The van der Waals surface area contributed by atoms with E-state index in [1.165, 1.54) is 6.07 Å². The third-order valence-corrected chi connectivity index (χ3v) is 3.48. The number of hydrogen-bond acceptors (Lipinski definition) is 2. The van der Waals surface area contributed by atoms with Crippen molar-refractivity contribution in [2.45, 2.75) is 13.0 Å². The van der Waals surface area contributed by atoms with Gasteiger partial charge in [0.05, 0.1) is 4.47 Å². The van der Waals surface area contributed by atoms with Crippen molar-refractivity contribution in [3.63, 3.8) is 0 Å². The highest BCUT2D eigenvalue weighted by atomic mass is 79.9. The highest BCUT2D eigenvalue weighted by Gasteiger charge is 2.01. The number of aliphatic hydroxyl groups excluding tert-OH is 1. The summed E-state index contributed by atoms with van der Waals surface area (Å²) in [5.41, 5.74) is 2.97. The SMILES string of the molecule is OCCc1ccc(NCc2ccc(Br)c(F)c2)cc1. The van der Waals surface area contributed by atoms with Crippen LogP contribution in [0.4, 0.5) is 10.1 Å². The molecule has 0 aromatic heterocycles. The minimum Gasteiger partial charge on any atom is -0.396 e. The number of anilines is 1. The second kappa shape index (κ2) is 6.68. The molecule has 2 aromatic carbocycles. The molecule has 0 bridgehead atoms. The van der Waals surface area contributed by atoms with Gasteiger partial charge < -0.3 is 10.4 Å². The zero-order valence-corrected chi connectivity index (χ0v) is 12.0. The van der Waals surface area contributed by atoms with E-state index in [-0.39, 0.29) is 12.4 Å². The summed E-state index contributed by atoms with van der Waals surface area (Å²) in [7, 11) is 0. The second-order valence-corrected chi connectivity index (χ2v) is 5.13. The van der Waals surface area contributed by atoms with E-state index in [4.69, 9.17) is 5.11 Å². The van der Waals surface area contributed by atoms with Gasteiger partial charge in [0.15, 0.2) is 0 Å². The lowest BCUT2D eigenvalue weighted by atomic mass is 10.1. The van der Waals surface area contributed by atoms with Crippen molar-refractivity contribution in [2.75, 3.05) is 11.9 Å². The van der Waals surface area contributed by atoms with Crippen LogP contribution >= 0.6 is 15.9 Å². The molecular weight excluding hydrogens is 309 g/mol. The summed E-state index contributed by atoms with van der Waals surface area (Å²) in [6, 6.07) is 13.0. The van der Waals surface area contributed by atoms with Crippen LogP contribution in [-0.4, -0.2) is 11.7 Å². The van der Waals surface area contributed by atoms with Crippen LogP contribution in [0.15, 0.2) is 46.9 Å². The average molecular weight is 324 g/mol. The van der Waals surface area contributed by atoms with E-state index in [2.05, 4.69) is 21.2 Å². The van der Waals surface area contributed by atoms with Gasteiger partial charge in [0.1, 0.15) is 5.82 Å². The van der Waals surface area contributed by atoms with Gasteiger partial charge in [-0.3, -0.25) is 0 Å². The highest BCUT2D eigenvalue weighted by Crippen LogP contribution is 2.17. The van der Waals surface area contributed by atoms with Crippen molar-refractivity contribution in [2.24, 2.45) is 0 Å². The fraction of sp³-hybridized carbons (Fsp3) is 0.200. The second-order valence-electron chi connectivity index (χ2n) is 4.27. The Bertz CT molecular complexity index is 542. The Morgan fingerprint density at radius 3 is 2.37 bits per heavy atom. The molecule has 2 N–H and O–H groups in total. The topological polar surface area (TPSA) is 32.3 Å². The van der Waals surface area contributed by atoms with E-state index in [0.717, 1.165) is 16.8 Å². The molecule has 0 aliphatic carbocycles. The molecular formula is C15H15BrFNO. The van der Waals surface area contributed by atoms with Crippen LogP contribution in [0.5, 0.6) is 0 Å². The maximum atomic E-state index is 13.3. The minimum absolute atomic E-state index is 0.158. The Kier molecular flexibility index (Phi) is 4.93. The average Bonchev–Trinajstić information content (AvgIpc) is 2.42. The van der Waals surface area contributed by atoms with Crippen molar-refractivity contribution in [1.82, 2.24) is 0 Å². The first-order valence-electron chi connectivity index (χ1n) is 6.06. The van der Waals surface area contributed by atoms with Gasteiger partial charge in [0.2, 0.25) is 0 Å². The quantitative estimate of drug-likeness (QED) is 0.878. The van der Waals surface area contributed by atoms with Gasteiger partial charge in [0, 0.05) is 18.8 Å². The number of benzene rings is 2. The molecule has 0 spiro atoms. The van der Waals surface area contributed by atoms with Crippen molar-refractivity contribution in [3.8, 4) is 0 Å².